The summed E-state index contributed by atoms with van der Waals surface area (Å²) in [6.45, 7) is 8.24. The van der Waals surface area contributed by atoms with Gasteiger partial charge in [0.25, 0.3) is 0 Å². The van der Waals surface area contributed by atoms with Gasteiger partial charge in [-0.1, -0.05) is 51.1 Å². The predicted molar refractivity (Wildman–Crippen MR) is 73.5 cm³/mol. The summed E-state index contributed by atoms with van der Waals surface area (Å²) in [4.78, 5) is 0. The van der Waals surface area contributed by atoms with E-state index in [1.54, 1.807) is 0 Å². The van der Waals surface area contributed by atoms with E-state index < -0.39 is 0 Å². The molecule has 0 spiro atoms. The number of aryl methyl sites for hydroxylation is 1. The van der Waals surface area contributed by atoms with Gasteiger partial charge in [0.05, 0.1) is 0 Å². The Labute approximate surface area is 101 Å². The third-order valence-corrected chi connectivity index (χ3v) is 2.62. The Hall–Kier alpha value is -0.820. The summed E-state index contributed by atoms with van der Waals surface area (Å²) < 4.78 is 0. The highest BCUT2D eigenvalue weighted by atomic mass is 14.7. The summed E-state index contributed by atoms with van der Waals surface area (Å²) in [6, 6.07) is 10.9. The van der Waals surface area contributed by atoms with E-state index in [1.165, 1.54) is 18.4 Å². The van der Waals surface area contributed by atoms with Gasteiger partial charge in [0.1, 0.15) is 0 Å². The van der Waals surface area contributed by atoms with Gasteiger partial charge in [-0.3, -0.25) is 0 Å². The summed E-state index contributed by atoms with van der Waals surface area (Å²) in [7, 11) is 0. The molecule has 0 amide bonds. The van der Waals surface area contributed by atoms with Gasteiger partial charge in [0, 0.05) is 6.04 Å². The maximum absolute atomic E-state index is 5.50. The number of hydrogen-bond acceptors (Lipinski definition) is 1. The molecule has 16 heavy (non-hydrogen) atoms. The second kappa shape index (κ2) is 9.41. The van der Waals surface area contributed by atoms with Crippen molar-refractivity contribution in [1.82, 2.24) is 0 Å². The third-order valence-electron chi connectivity index (χ3n) is 2.62. The van der Waals surface area contributed by atoms with Crippen LogP contribution in [0.1, 0.15) is 46.1 Å². The highest BCUT2D eigenvalue weighted by molar-refractivity contribution is 5.13. The molecule has 1 aliphatic carbocycles. The zero-order valence-electron chi connectivity index (χ0n) is 11.2. The zero-order valence-corrected chi connectivity index (χ0v) is 11.2. The summed E-state index contributed by atoms with van der Waals surface area (Å²) in [5.41, 5.74) is 6.91. The van der Waals surface area contributed by atoms with E-state index in [0.717, 1.165) is 12.3 Å². The fourth-order valence-electron chi connectivity index (χ4n) is 1.34. The van der Waals surface area contributed by atoms with E-state index in [0.29, 0.717) is 6.04 Å². The van der Waals surface area contributed by atoms with E-state index >= 15 is 0 Å². The molecule has 1 atom stereocenters. The molecule has 2 rings (SSSR count). The standard InChI is InChI=1S/C8H10.C5H11N.C2H6/c1-2-8-6-4-3-5-7-8;1-4(6)5-2-3-5;1-2/h3-7H,2H2,1H3;4-5H,2-3,6H2,1H3;1-2H3/t;4-;/m.0./s1. The molecule has 0 radical (unpaired) electrons. The van der Waals surface area contributed by atoms with E-state index in [-0.39, 0.29) is 0 Å². The Kier molecular flexibility index (Phi) is 8.93. The number of hydrogen-bond donors (Lipinski definition) is 1. The lowest BCUT2D eigenvalue weighted by Crippen LogP contribution is -2.16. The molecule has 0 aromatic heterocycles. The molecule has 0 bridgehead atoms. The Morgan fingerprint density at radius 2 is 1.69 bits per heavy atom. The molecule has 1 fully saturated rings. The van der Waals surface area contributed by atoms with Gasteiger partial charge in [-0.05, 0) is 37.7 Å². The molecule has 2 N–H and O–H groups in total. The first-order chi connectivity index (χ1) is 7.74. The fourth-order valence-corrected chi connectivity index (χ4v) is 1.34. The minimum absolute atomic E-state index is 0.463. The molecule has 0 heterocycles. The lowest BCUT2D eigenvalue weighted by Gasteiger charge is -1.95. The van der Waals surface area contributed by atoms with Gasteiger partial charge in [-0.2, -0.15) is 0 Å². The monoisotopic (exact) mass is 221 g/mol. The molecule has 1 aromatic rings. The van der Waals surface area contributed by atoms with Crippen LogP contribution in [0.25, 0.3) is 0 Å². The van der Waals surface area contributed by atoms with Crippen LogP contribution in [-0.4, -0.2) is 6.04 Å². The first-order valence-electron chi connectivity index (χ1n) is 6.53. The highest BCUT2D eigenvalue weighted by Gasteiger charge is 2.24. The molecule has 1 aromatic carbocycles. The van der Waals surface area contributed by atoms with Crippen LogP contribution < -0.4 is 5.73 Å². The van der Waals surface area contributed by atoms with Gasteiger partial charge in [0.15, 0.2) is 0 Å². The predicted octanol–water partition coefficient (Wildman–Crippen LogP) is 4.02. The van der Waals surface area contributed by atoms with Gasteiger partial charge in [-0.25, -0.2) is 0 Å². The molecular formula is C15H27N. The second-order valence-electron chi connectivity index (χ2n) is 4.04. The van der Waals surface area contributed by atoms with Gasteiger partial charge in [0.2, 0.25) is 0 Å². The van der Waals surface area contributed by atoms with Crippen LogP contribution in [0.5, 0.6) is 0 Å². The van der Waals surface area contributed by atoms with Crippen molar-refractivity contribution in [1.29, 1.82) is 0 Å². The van der Waals surface area contributed by atoms with Crippen molar-refractivity contribution in [2.24, 2.45) is 11.7 Å². The van der Waals surface area contributed by atoms with Crippen molar-refractivity contribution >= 4 is 0 Å². The van der Waals surface area contributed by atoms with Gasteiger partial charge < -0.3 is 5.73 Å². The first kappa shape index (κ1) is 15.2. The van der Waals surface area contributed by atoms with E-state index in [1.807, 2.05) is 19.9 Å². The lowest BCUT2D eigenvalue weighted by molar-refractivity contribution is 0.650. The van der Waals surface area contributed by atoms with Crippen molar-refractivity contribution in [3.8, 4) is 0 Å². The van der Waals surface area contributed by atoms with Crippen molar-refractivity contribution in [3.05, 3.63) is 35.9 Å². The average Bonchev–Trinajstić information content (AvgIpc) is 3.17. The van der Waals surface area contributed by atoms with Crippen LogP contribution in [0, 0.1) is 5.92 Å². The molecule has 1 nitrogen and oxygen atoms in total. The largest absolute Gasteiger partial charge is 0.328 e. The van der Waals surface area contributed by atoms with E-state index in [4.69, 9.17) is 5.73 Å². The maximum Gasteiger partial charge on any atom is 0.00387 e. The Morgan fingerprint density at radius 1 is 1.19 bits per heavy atom. The van der Waals surface area contributed by atoms with Crippen molar-refractivity contribution in [3.63, 3.8) is 0 Å². The Morgan fingerprint density at radius 3 is 1.88 bits per heavy atom. The quantitative estimate of drug-likeness (QED) is 0.802. The number of rotatable bonds is 2. The molecule has 1 aliphatic rings. The lowest BCUT2D eigenvalue weighted by atomic mass is 10.2. The third kappa shape index (κ3) is 7.47. The zero-order chi connectivity index (χ0) is 12.4. The molecular weight excluding hydrogens is 194 g/mol. The Bertz CT molecular complexity index is 237. The summed E-state index contributed by atoms with van der Waals surface area (Å²) in [5.74, 6) is 0.880. The number of benzene rings is 1. The summed E-state index contributed by atoms with van der Waals surface area (Å²) in [6.07, 6.45) is 3.89. The first-order valence-corrected chi connectivity index (χ1v) is 6.53. The molecule has 0 saturated heterocycles. The van der Waals surface area contributed by atoms with Crippen LogP contribution in [0.15, 0.2) is 30.3 Å². The molecule has 0 unspecified atom stereocenters. The molecule has 1 saturated carbocycles. The normalized spacial score (nSPS) is 15.1. The van der Waals surface area contributed by atoms with Crippen LogP contribution in [0.3, 0.4) is 0 Å². The van der Waals surface area contributed by atoms with Crippen molar-refractivity contribution in [2.45, 2.75) is 53.0 Å². The van der Waals surface area contributed by atoms with Crippen LogP contribution in [-0.2, 0) is 6.42 Å². The van der Waals surface area contributed by atoms with Gasteiger partial charge in [-0.15, -0.1) is 0 Å². The second-order valence-corrected chi connectivity index (χ2v) is 4.04. The molecule has 1 heteroatoms. The summed E-state index contributed by atoms with van der Waals surface area (Å²) >= 11 is 0. The SMILES string of the molecule is CC.CCc1ccccc1.C[C@H](N)C1CC1. The Balaban J connectivity index is 0.000000251. The minimum Gasteiger partial charge on any atom is -0.328 e. The molecule has 92 valence electrons. The van der Waals surface area contributed by atoms with Crippen LogP contribution in [0.2, 0.25) is 0 Å². The summed E-state index contributed by atoms with van der Waals surface area (Å²) in [5, 5.41) is 0. The van der Waals surface area contributed by atoms with E-state index in [9.17, 15) is 0 Å². The highest BCUT2D eigenvalue weighted by Crippen LogP contribution is 2.30. The number of nitrogens with two attached hydrogens (primary N) is 1. The molecule has 0 aliphatic heterocycles. The topological polar surface area (TPSA) is 26.0 Å². The smallest absolute Gasteiger partial charge is 0.00387 e. The van der Waals surface area contributed by atoms with E-state index in [2.05, 4.69) is 38.1 Å². The maximum atomic E-state index is 5.50. The van der Waals surface area contributed by atoms with Crippen molar-refractivity contribution in [2.75, 3.05) is 0 Å². The minimum atomic E-state index is 0.463. The van der Waals surface area contributed by atoms with Crippen LogP contribution >= 0.6 is 0 Å². The van der Waals surface area contributed by atoms with Crippen LogP contribution in [0.4, 0.5) is 0 Å². The van der Waals surface area contributed by atoms with Gasteiger partial charge >= 0.3 is 0 Å². The average molecular weight is 221 g/mol. The van der Waals surface area contributed by atoms with Crippen molar-refractivity contribution < 1.29 is 0 Å². The fraction of sp³-hybridized carbons (Fsp3) is 0.600.